The fourth-order valence-corrected chi connectivity index (χ4v) is 2.97. The van der Waals surface area contributed by atoms with Crippen LogP contribution < -0.4 is 15.4 Å². The third-order valence-corrected chi connectivity index (χ3v) is 4.29. The second-order valence-corrected chi connectivity index (χ2v) is 6.04. The fraction of sp³-hybridized carbons (Fsp3) is 0.389. The first-order valence-electron chi connectivity index (χ1n) is 8.39. The summed E-state index contributed by atoms with van der Waals surface area (Å²) in [4.78, 5) is 24.7. The summed E-state index contributed by atoms with van der Waals surface area (Å²) in [6.45, 7) is 1.43. The Kier molecular flexibility index (Phi) is 5.52. The minimum Gasteiger partial charge on any atom is -0.497 e. The smallest absolute Gasteiger partial charge is 0.254 e. The minimum absolute atomic E-state index is 0.108. The van der Waals surface area contributed by atoms with Crippen molar-refractivity contribution in [3.8, 4) is 5.75 Å². The van der Waals surface area contributed by atoms with Gasteiger partial charge in [0.15, 0.2) is 0 Å². The highest BCUT2D eigenvalue weighted by Gasteiger charge is 2.28. The summed E-state index contributed by atoms with van der Waals surface area (Å²) in [5.41, 5.74) is 1.90. The Balaban J connectivity index is 1.62. The maximum atomic E-state index is 12.4. The average molecular weight is 358 g/mol. The summed E-state index contributed by atoms with van der Waals surface area (Å²) in [5.74, 6) is 0.279. The van der Waals surface area contributed by atoms with Gasteiger partial charge >= 0.3 is 0 Å². The third kappa shape index (κ3) is 3.85. The lowest BCUT2D eigenvalue weighted by atomic mass is 10.1. The van der Waals surface area contributed by atoms with Gasteiger partial charge in [-0.3, -0.25) is 14.3 Å². The van der Waals surface area contributed by atoms with Crippen molar-refractivity contribution in [2.75, 3.05) is 27.4 Å². The number of aromatic nitrogens is 2. The minimum atomic E-state index is -0.178. The number of ether oxygens (including phenoxy) is 2. The first-order valence-corrected chi connectivity index (χ1v) is 8.39. The number of carbonyl (C=O) groups excluding carboxylic acids is 2. The molecule has 0 spiro atoms. The summed E-state index contributed by atoms with van der Waals surface area (Å²) < 4.78 is 11.8. The van der Waals surface area contributed by atoms with Crippen molar-refractivity contribution in [2.45, 2.75) is 19.0 Å². The molecule has 2 aromatic rings. The van der Waals surface area contributed by atoms with Gasteiger partial charge in [-0.2, -0.15) is 5.10 Å². The number of nitrogens with zero attached hydrogens (tertiary/aromatic N) is 2. The molecule has 1 aliphatic rings. The molecule has 0 fully saturated rings. The van der Waals surface area contributed by atoms with Crippen LogP contribution in [-0.4, -0.2) is 55.0 Å². The van der Waals surface area contributed by atoms with E-state index in [1.54, 1.807) is 49.4 Å². The van der Waals surface area contributed by atoms with E-state index in [0.29, 0.717) is 43.0 Å². The molecule has 1 atom stereocenters. The van der Waals surface area contributed by atoms with Crippen LogP contribution in [0.3, 0.4) is 0 Å². The highest BCUT2D eigenvalue weighted by molar-refractivity contribution is 5.96. The van der Waals surface area contributed by atoms with Crippen LogP contribution in [0, 0.1) is 0 Å². The van der Waals surface area contributed by atoms with Crippen LogP contribution in [0.1, 0.15) is 26.4 Å². The normalized spacial score (nSPS) is 15.4. The second kappa shape index (κ2) is 8.01. The molecule has 0 aliphatic carbocycles. The Hall–Kier alpha value is -2.87. The summed E-state index contributed by atoms with van der Waals surface area (Å²) >= 11 is 0. The van der Waals surface area contributed by atoms with Crippen molar-refractivity contribution < 1.29 is 19.1 Å². The molecule has 0 bridgehead atoms. The lowest BCUT2D eigenvalue weighted by molar-refractivity contribution is 0.0931. The van der Waals surface area contributed by atoms with E-state index in [9.17, 15) is 9.59 Å². The zero-order valence-corrected chi connectivity index (χ0v) is 14.8. The fourth-order valence-electron chi connectivity index (χ4n) is 2.97. The van der Waals surface area contributed by atoms with Gasteiger partial charge in [0, 0.05) is 25.6 Å². The molecule has 8 nitrogen and oxygen atoms in total. The number of methoxy groups -OCH3 is 2. The Morgan fingerprint density at radius 1 is 1.31 bits per heavy atom. The molecule has 138 valence electrons. The molecule has 0 radical (unpaired) electrons. The largest absolute Gasteiger partial charge is 0.497 e. The maximum absolute atomic E-state index is 12.4. The van der Waals surface area contributed by atoms with Crippen LogP contribution in [0.25, 0.3) is 0 Å². The molecule has 26 heavy (non-hydrogen) atoms. The lowest BCUT2D eigenvalue weighted by Gasteiger charge is -2.12. The van der Waals surface area contributed by atoms with Gasteiger partial charge < -0.3 is 20.1 Å². The predicted molar refractivity (Wildman–Crippen MR) is 94.4 cm³/mol. The van der Waals surface area contributed by atoms with Gasteiger partial charge in [-0.15, -0.1) is 0 Å². The standard InChI is InChI=1S/C18H22N4O4/c1-25-7-6-19-18(24)15-10-20-22-11-13(9-16(15)22)21-17(23)12-4-3-5-14(8-12)26-2/h3-5,8,10,13H,6-7,9,11H2,1-2H3,(H,19,24)(H,21,23)/t13-/m0/s1. The molecule has 0 saturated carbocycles. The third-order valence-electron chi connectivity index (χ3n) is 4.29. The van der Waals surface area contributed by atoms with Crippen LogP contribution in [0.4, 0.5) is 0 Å². The van der Waals surface area contributed by atoms with E-state index in [1.165, 1.54) is 0 Å². The van der Waals surface area contributed by atoms with Gasteiger partial charge in [0.1, 0.15) is 5.75 Å². The SMILES string of the molecule is COCCNC(=O)c1cnn2c1C[C@H](NC(=O)c1cccc(OC)c1)C2. The van der Waals surface area contributed by atoms with E-state index in [-0.39, 0.29) is 17.9 Å². The highest BCUT2D eigenvalue weighted by Crippen LogP contribution is 2.20. The molecule has 1 aliphatic heterocycles. The Morgan fingerprint density at radius 3 is 2.92 bits per heavy atom. The van der Waals surface area contributed by atoms with Gasteiger partial charge in [0.25, 0.3) is 11.8 Å². The maximum Gasteiger partial charge on any atom is 0.254 e. The summed E-state index contributed by atoms with van der Waals surface area (Å²) in [6.07, 6.45) is 2.13. The van der Waals surface area contributed by atoms with E-state index < -0.39 is 0 Å². The Labute approximate surface area is 151 Å². The van der Waals surface area contributed by atoms with Crippen molar-refractivity contribution in [2.24, 2.45) is 0 Å². The van der Waals surface area contributed by atoms with Gasteiger partial charge in [-0.1, -0.05) is 6.07 Å². The van der Waals surface area contributed by atoms with Gasteiger partial charge in [-0.25, -0.2) is 0 Å². The highest BCUT2D eigenvalue weighted by atomic mass is 16.5. The van der Waals surface area contributed by atoms with E-state index in [4.69, 9.17) is 9.47 Å². The molecule has 0 unspecified atom stereocenters. The molecule has 2 N–H and O–H groups in total. The average Bonchev–Trinajstić information content (AvgIpc) is 3.21. The first kappa shape index (κ1) is 17.9. The van der Waals surface area contributed by atoms with E-state index in [1.807, 2.05) is 0 Å². The van der Waals surface area contributed by atoms with E-state index >= 15 is 0 Å². The summed E-state index contributed by atoms with van der Waals surface area (Å²) in [5, 5.41) is 10.0. The van der Waals surface area contributed by atoms with Crippen LogP contribution in [0.2, 0.25) is 0 Å². The monoisotopic (exact) mass is 358 g/mol. The number of carbonyl (C=O) groups is 2. The topological polar surface area (TPSA) is 94.5 Å². The van der Waals surface area contributed by atoms with E-state index in [0.717, 1.165) is 5.69 Å². The zero-order chi connectivity index (χ0) is 18.5. The molecular weight excluding hydrogens is 336 g/mol. The number of nitrogens with one attached hydrogen (secondary N) is 2. The number of fused-ring (bicyclic) bond motifs is 1. The number of rotatable bonds is 7. The molecule has 3 rings (SSSR count). The molecule has 1 aromatic heterocycles. The Morgan fingerprint density at radius 2 is 2.15 bits per heavy atom. The van der Waals surface area contributed by atoms with Crippen molar-refractivity contribution in [3.63, 3.8) is 0 Å². The Bertz CT molecular complexity index is 802. The van der Waals surface area contributed by atoms with Crippen molar-refractivity contribution >= 4 is 11.8 Å². The molecular formula is C18H22N4O4. The van der Waals surface area contributed by atoms with Crippen LogP contribution >= 0.6 is 0 Å². The molecule has 2 amide bonds. The molecule has 1 aromatic carbocycles. The van der Waals surface area contributed by atoms with E-state index in [2.05, 4.69) is 15.7 Å². The van der Waals surface area contributed by atoms with Gasteiger partial charge in [0.2, 0.25) is 0 Å². The van der Waals surface area contributed by atoms with Crippen molar-refractivity contribution in [3.05, 3.63) is 47.3 Å². The molecule has 8 heteroatoms. The van der Waals surface area contributed by atoms with Crippen LogP contribution in [-0.2, 0) is 17.7 Å². The lowest BCUT2D eigenvalue weighted by Crippen LogP contribution is -2.36. The molecule has 0 saturated heterocycles. The van der Waals surface area contributed by atoms with Gasteiger partial charge in [0.05, 0.1) is 43.8 Å². The van der Waals surface area contributed by atoms with Gasteiger partial charge in [-0.05, 0) is 18.2 Å². The quantitative estimate of drug-likeness (QED) is 0.708. The molecule has 2 heterocycles. The number of hydrogen-bond acceptors (Lipinski definition) is 5. The zero-order valence-electron chi connectivity index (χ0n) is 14.8. The second-order valence-electron chi connectivity index (χ2n) is 6.04. The van der Waals surface area contributed by atoms with Crippen molar-refractivity contribution in [1.82, 2.24) is 20.4 Å². The summed E-state index contributed by atoms with van der Waals surface area (Å²) in [6, 6.07) is 6.88. The number of amides is 2. The number of hydrogen-bond donors (Lipinski definition) is 2. The van der Waals surface area contributed by atoms with Crippen LogP contribution in [0.15, 0.2) is 30.5 Å². The first-order chi connectivity index (χ1) is 12.6. The van der Waals surface area contributed by atoms with Crippen LogP contribution in [0.5, 0.6) is 5.75 Å². The predicted octanol–water partition coefficient (Wildman–Crippen LogP) is 0.623. The summed E-state index contributed by atoms with van der Waals surface area (Å²) in [7, 11) is 3.14. The number of benzene rings is 1. The van der Waals surface area contributed by atoms with Crippen molar-refractivity contribution in [1.29, 1.82) is 0 Å².